The Hall–Kier alpha value is -0.250. The van der Waals surface area contributed by atoms with Gasteiger partial charge in [-0.25, -0.2) is 0 Å². The van der Waals surface area contributed by atoms with E-state index in [-0.39, 0.29) is 13.0 Å². The van der Waals surface area contributed by atoms with E-state index in [0.29, 0.717) is 12.8 Å². The summed E-state index contributed by atoms with van der Waals surface area (Å²) in [5.74, 6) is -1.82. The Balaban J connectivity index is 2.59. The monoisotopic (exact) mass is 182 g/mol. The fourth-order valence-corrected chi connectivity index (χ4v) is 1.86. The quantitative estimate of drug-likeness (QED) is 0.660. The predicted octanol–water partition coefficient (Wildman–Crippen LogP) is 2.35. The molecule has 1 rings (SSSR count). The molecule has 0 aromatic carbocycles. The highest BCUT2D eigenvalue weighted by atomic mass is 19.4. The molecule has 1 saturated carbocycles. The van der Waals surface area contributed by atoms with Gasteiger partial charge in [-0.2, -0.15) is 13.2 Å². The molecule has 0 aromatic heterocycles. The molecule has 1 N–H and O–H groups in total. The van der Waals surface area contributed by atoms with Crippen molar-refractivity contribution in [1.29, 1.82) is 0 Å². The number of rotatable bonds is 1. The maximum absolute atomic E-state index is 12.3. The summed E-state index contributed by atoms with van der Waals surface area (Å²) in [6.45, 7) is -0.329. The van der Waals surface area contributed by atoms with E-state index < -0.39 is 18.0 Å². The fraction of sp³-hybridized carbons (Fsp3) is 1.00. The number of aliphatic hydroxyl groups excluding tert-OH is 1. The topological polar surface area (TPSA) is 20.2 Å². The molecule has 4 heteroatoms. The van der Waals surface area contributed by atoms with Gasteiger partial charge in [0.2, 0.25) is 0 Å². The molecule has 0 aliphatic heterocycles. The van der Waals surface area contributed by atoms with Crippen LogP contribution >= 0.6 is 0 Å². The molecule has 0 spiro atoms. The Labute approximate surface area is 69.6 Å². The lowest BCUT2D eigenvalue weighted by molar-refractivity contribution is -0.199. The molecule has 0 saturated heterocycles. The first kappa shape index (κ1) is 9.84. The van der Waals surface area contributed by atoms with Crippen LogP contribution in [0.2, 0.25) is 0 Å². The zero-order valence-electron chi connectivity index (χ0n) is 6.77. The minimum atomic E-state index is -4.12. The summed E-state index contributed by atoms with van der Waals surface area (Å²) in [4.78, 5) is 0. The van der Waals surface area contributed by atoms with Crippen molar-refractivity contribution in [1.82, 2.24) is 0 Å². The van der Waals surface area contributed by atoms with Crippen LogP contribution in [-0.2, 0) is 0 Å². The first-order valence-electron chi connectivity index (χ1n) is 4.23. The largest absolute Gasteiger partial charge is 0.396 e. The van der Waals surface area contributed by atoms with E-state index >= 15 is 0 Å². The van der Waals surface area contributed by atoms with E-state index in [1.165, 1.54) is 0 Å². The lowest BCUT2D eigenvalue weighted by atomic mass is 9.79. The third kappa shape index (κ3) is 2.12. The van der Waals surface area contributed by atoms with Crippen molar-refractivity contribution in [2.75, 3.05) is 6.61 Å². The van der Waals surface area contributed by atoms with Crippen molar-refractivity contribution in [3.05, 3.63) is 0 Å². The Morgan fingerprint density at radius 2 is 1.75 bits per heavy atom. The number of alkyl halides is 3. The molecule has 0 bridgehead atoms. The zero-order chi connectivity index (χ0) is 9.19. The highest BCUT2D eigenvalue weighted by Gasteiger charge is 2.44. The molecule has 1 aliphatic rings. The van der Waals surface area contributed by atoms with Crippen molar-refractivity contribution >= 4 is 0 Å². The van der Waals surface area contributed by atoms with Gasteiger partial charge < -0.3 is 5.11 Å². The van der Waals surface area contributed by atoms with Crippen molar-refractivity contribution in [2.24, 2.45) is 11.8 Å². The summed E-state index contributed by atoms with van der Waals surface area (Å²) in [5, 5.41) is 8.72. The van der Waals surface area contributed by atoms with Gasteiger partial charge in [0.25, 0.3) is 0 Å². The van der Waals surface area contributed by atoms with Gasteiger partial charge in [-0.15, -0.1) is 0 Å². The number of hydrogen-bond acceptors (Lipinski definition) is 1. The maximum Gasteiger partial charge on any atom is 0.392 e. The number of aliphatic hydroxyl groups is 1. The first-order chi connectivity index (χ1) is 5.55. The van der Waals surface area contributed by atoms with Crippen LogP contribution in [0, 0.1) is 11.8 Å². The summed E-state index contributed by atoms with van der Waals surface area (Å²) in [7, 11) is 0. The SMILES string of the molecule is OC[C@H]1CCCC[C@H]1C(F)(F)F. The van der Waals surface area contributed by atoms with E-state index in [1.54, 1.807) is 0 Å². The minimum Gasteiger partial charge on any atom is -0.396 e. The van der Waals surface area contributed by atoms with E-state index in [4.69, 9.17) is 5.11 Å². The summed E-state index contributed by atoms with van der Waals surface area (Å²) < 4.78 is 36.8. The number of halogens is 3. The van der Waals surface area contributed by atoms with E-state index in [0.717, 1.165) is 6.42 Å². The van der Waals surface area contributed by atoms with E-state index in [1.807, 2.05) is 0 Å². The van der Waals surface area contributed by atoms with Crippen LogP contribution in [0.5, 0.6) is 0 Å². The highest BCUT2D eigenvalue weighted by molar-refractivity contribution is 4.79. The lowest BCUT2D eigenvalue weighted by Crippen LogP contribution is -2.34. The highest BCUT2D eigenvalue weighted by Crippen LogP contribution is 2.40. The second-order valence-corrected chi connectivity index (χ2v) is 3.38. The van der Waals surface area contributed by atoms with Crippen LogP contribution in [0.4, 0.5) is 13.2 Å². The molecule has 1 fully saturated rings. The van der Waals surface area contributed by atoms with Crippen molar-refractivity contribution in [2.45, 2.75) is 31.9 Å². The average Bonchev–Trinajstić information content (AvgIpc) is 2.03. The van der Waals surface area contributed by atoms with E-state index in [9.17, 15) is 13.2 Å². The molecule has 1 nitrogen and oxygen atoms in total. The summed E-state index contributed by atoms with van der Waals surface area (Å²) in [5.41, 5.74) is 0. The second-order valence-electron chi connectivity index (χ2n) is 3.38. The normalized spacial score (nSPS) is 32.0. The number of hydrogen-bond donors (Lipinski definition) is 1. The van der Waals surface area contributed by atoms with Gasteiger partial charge in [0.1, 0.15) is 0 Å². The van der Waals surface area contributed by atoms with Gasteiger partial charge in [0.15, 0.2) is 0 Å². The molecule has 0 aromatic rings. The van der Waals surface area contributed by atoms with Crippen molar-refractivity contribution in [3.8, 4) is 0 Å². The Bertz CT molecular complexity index is 144. The first-order valence-corrected chi connectivity index (χ1v) is 4.23. The van der Waals surface area contributed by atoms with Crippen molar-refractivity contribution in [3.63, 3.8) is 0 Å². The van der Waals surface area contributed by atoms with Gasteiger partial charge in [0, 0.05) is 6.61 Å². The Morgan fingerprint density at radius 1 is 1.17 bits per heavy atom. The van der Waals surface area contributed by atoms with Crippen LogP contribution < -0.4 is 0 Å². The molecule has 0 amide bonds. The Kier molecular flexibility index (Phi) is 2.99. The van der Waals surface area contributed by atoms with Crippen LogP contribution in [0.25, 0.3) is 0 Å². The third-order valence-electron chi connectivity index (χ3n) is 2.56. The average molecular weight is 182 g/mol. The standard InChI is InChI=1S/C8H13F3O/c9-8(10,11)7-4-2-1-3-6(7)5-12/h6-7,12H,1-5H2/t6-,7-/m1/s1. The fourth-order valence-electron chi connectivity index (χ4n) is 1.86. The molecular formula is C8H13F3O. The van der Waals surface area contributed by atoms with Gasteiger partial charge in [-0.1, -0.05) is 12.8 Å². The van der Waals surface area contributed by atoms with Gasteiger partial charge in [-0.3, -0.25) is 0 Å². The molecule has 2 atom stereocenters. The molecule has 0 unspecified atom stereocenters. The zero-order valence-corrected chi connectivity index (χ0v) is 6.77. The third-order valence-corrected chi connectivity index (χ3v) is 2.56. The smallest absolute Gasteiger partial charge is 0.392 e. The van der Waals surface area contributed by atoms with Gasteiger partial charge in [-0.05, 0) is 18.8 Å². The van der Waals surface area contributed by atoms with Crippen LogP contribution in [0.1, 0.15) is 25.7 Å². The summed E-state index contributed by atoms with van der Waals surface area (Å²) in [6.07, 6.45) is -1.96. The second kappa shape index (κ2) is 3.64. The molecular weight excluding hydrogens is 169 g/mol. The summed E-state index contributed by atoms with van der Waals surface area (Å²) >= 11 is 0. The predicted molar refractivity (Wildman–Crippen MR) is 38.6 cm³/mol. The molecule has 0 heterocycles. The van der Waals surface area contributed by atoms with E-state index in [2.05, 4.69) is 0 Å². The lowest BCUT2D eigenvalue weighted by Gasteiger charge is -2.31. The maximum atomic E-state index is 12.3. The molecule has 0 radical (unpaired) electrons. The van der Waals surface area contributed by atoms with Gasteiger partial charge in [0.05, 0.1) is 5.92 Å². The molecule has 1 aliphatic carbocycles. The van der Waals surface area contributed by atoms with Crippen LogP contribution in [-0.4, -0.2) is 17.9 Å². The van der Waals surface area contributed by atoms with Gasteiger partial charge >= 0.3 is 6.18 Å². The van der Waals surface area contributed by atoms with Crippen LogP contribution in [0.3, 0.4) is 0 Å². The van der Waals surface area contributed by atoms with Crippen LogP contribution in [0.15, 0.2) is 0 Å². The molecule has 12 heavy (non-hydrogen) atoms. The minimum absolute atomic E-state index is 0.189. The Morgan fingerprint density at radius 3 is 2.17 bits per heavy atom. The summed E-state index contributed by atoms with van der Waals surface area (Å²) in [6, 6.07) is 0. The van der Waals surface area contributed by atoms with Crippen molar-refractivity contribution < 1.29 is 18.3 Å². The molecule has 72 valence electrons.